The molecule has 4 heteroatoms. The minimum atomic E-state index is -0.226. The Morgan fingerprint density at radius 2 is 2.25 bits per heavy atom. The maximum atomic E-state index is 9.93. The summed E-state index contributed by atoms with van der Waals surface area (Å²) in [6.45, 7) is 0. The molecule has 2 aromatic rings. The molecule has 0 spiro atoms. The van der Waals surface area contributed by atoms with Gasteiger partial charge in [0.25, 0.3) is 0 Å². The molecular weight excluding hydrogens is 268 g/mol. The van der Waals surface area contributed by atoms with Crippen LogP contribution in [0.25, 0.3) is 11.0 Å². The topological polar surface area (TPSA) is 38.0 Å². The number of nitrogens with zero attached hydrogens (tertiary/aromatic N) is 2. The molecule has 1 aromatic carbocycles. The molecule has 3 rings (SSSR count). The van der Waals surface area contributed by atoms with E-state index in [1.54, 1.807) is 0 Å². The van der Waals surface area contributed by atoms with E-state index in [-0.39, 0.29) is 12.1 Å². The lowest BCUT2D eigenvalue weighted by Crippen LogP contribution is -2.17. The van der Waals surface area contributed by atoms with Gasteiger partial charge in [-0.3, -0.25) is 0 Å². The van der Waals surface area contributed by atoms with Crippen molar-refractivity contribution in [3.05, 3.63) is 29.0 Å². The first-order chi connectivity index (χ1) is 7.75. The molecule has 0 aliphatic heterocycles. The third-order valence-corrected chi connectivity index (χ3v) is 3.83. The van der Waals surface area contributed by atoms with E-state index >= 15 is 0 Å². The first-order valence-electron chi connectivity index (χ1n) is 5.56. The molecule has 84 valence electrons. The van der Waals surface area contributed by atoms with Crippen LogP contribution in [0.2, 0.25) is 0 Å². The molecule has 1 aliphatic rings. The van der Waals surface area contributed by atoms with Crippen molar-refractivity contribution >= 4 is 27.0 Å². The molecule has 1 N–H and O–H groups in total. The summed E-state index contributed by atoms with van der Waals surface area (Å²) in [4.78, 5) is 4.37. The van der Waals surface area contributed by atoms with Crippen molar-refractivity contribution in [1.82, 2.24) is 9.55 Å². The van der Waals surface area contributed by atoms with Crippen molar-refractivity contribution in [1.29, 1.82) is 0 Å². The van der Waals surface area contributed by atoms with Crippen LogP contribution in [0.1, 0.15) is 25.3 Å². The quantitative estimate of drug-likeness (QED) is 0.872. The second kappa shape index (κ2) is 3.86. The zero-order chi connectivity index (χ0) is 11.1. The minimum absolute atomic E-state index is 0.194. The molecule has 1 saturated carbocycles. The average molecular weight is 281 g/mol. The van der Waals surface area contributed by atoms with Crippen molar-refractivity contribution in [2.45, 2.75) is 31.4 Å². The second-order valence-electron chi connectivity index (χ2n) is 4.35. The Kier molecular flexibility index (Phi) is 2.48. The standard InChI is InChI=1S/C12H13BrN2O/c13-8-4-5-9-11(6-8)15(7-14-9)10-2-1-3-12(10)16/h4-7,10,12,16H,1-3H2/t10-,12-/m0/s1. The Morgan fingerprint density at radius 1 is 1.38 bits per heavy atom. The second-order valence-corrected chi connectivity index (χ2v) is 5.27. The molecule has 1 aliphatic carbocycles. The van der Waals surface area contributed by atoms with Crippen LogP contribution in [-0.4, -0.2) is 20.8 Å². The Morgan fingerprint density at radius 3 is 3.00 bits per heavy atom. The first-order valence-corrected chi connectivity index (χ1v) is 6.35. The highest BCUT2D eigenvalue weighted by molar-refractivity contribution is 9.10. The van der Waals surface area contributed by atoms with E-state index in [2.05, 4.69) is 31.5 Å². The minimum Gasteiger partial charge on any atom is -0.391 e. The van der Waals surface area contributed by atoms with Crippen LogP contribution in [0.15, 0.2) is 29.0 Å². The number of aliphatic hydroxyl groups excluding tert-OH is 1. The maximum Gasteiger partial charge on any atom is 0.0961 e. The van der Waals surface area contributed by atoms with Gasteiger partial charge in [0, 0.05) is 4.47 Å². The summed E-state index contributed by atoms with van der Waals surface area (Å²) >= 11 is 3.47. The molecule has 16 heavy (non-hydrogen) atoms. The predicted molar refractivity (Wildman–Crippen MR) is 66.3 cm³/mol. The monoisotopic (exact) mass is 280 g/mol. The molecule has 0 saturated heterocycles. The molecule has 0 unspecified atom stereocenters. The van der Waals surface area contributed by atoms with Crippen molar-refractivity contribution in [3.8, 4) is 0 Å². The van der Waals surface area contributed by atoms with E-state index in [9.17, 15) is 5.11 Å². The van der Waals surface area contributed by atoms with Crippen LogP contribution in [0.5, 0.6) is 0 Å². The van der Waals surface area contributed by atoms with Gasteiger partial charge in [0.1, 0.15) is 0 Å². The Bertz CT molecular complexity index is 523. The zero-order valence-corrected chi connectivity index (χ0v) is 10.4. The lowest BCUT2D eigenvalue weighted by atomic mass is 10.2. The summed E-state index contributed by atoms with van der Waals surface area (Å²) in [5.74, 6) is 0. The van der Waals surface area contributed by atoms with E-state index in [0.717, 1.165) is 34.8 Å². The molecule has 2 atom stereocenters. The number of hydrogen-bond acceptors (Lipinski definition) is 2. The van der Waals surface area contributed by atoms with Gasteiger partial charge in [0.2, 0.25) is 0 Å². The third-order valence-electron chi connectivity index (χ3n) is 3.34. The van der Waals surface area contributed by atoms with E-state index in [1.165, 1.54) is 0 Å². The van der Waals surface area contributed by atoms with Crippen LogP contribution < -0.4 is 0 Å². The largest absolute Gasteiger partial charge is 0.391 e. The smallest absolute Gasteiger partial charge is 0.0961 e. The van der Waals surface area contributed by atoms with Crippen LogP contribution >= 0.6 is 15.9 Å². The normalized spacial score (nSPS) is 25.4. The highest BCUT2D eigenvalue weighted by Crippen LogP contribution is 2.33. The summed E-state index contributed by atoms with van der Waals surface area (Å²) < 4.78 is 3.16. The SMILES string of the molecule is O[C@H]1CCC[C@@H]1n1cnc2ccc(Br)cc21. The van der Waals surface area contributed by atoms with Crippen molar-refractivity contribution in [2.24, 2.45) is 0 Å². The zero-order valence-electron chi connectivity index (χ0n) is 8.81. The van der Waals surface area contributed by atoms with Gasteiger partial charge in [-0.15, -0.1) is 0 Å². The molecule has 1 heterocycles. The van der Waals surface area contributed by atoms with Crippen LogP contribution in [0, 0.1) is 0 Å². The fraction of sp³-hybridized carbons (Fsp3) is 0.417. The van der Waals surface area contributed by atoms with Gasteiger partial charge in [-0.05, 0) is 37.5 Å². The van der Waals surface area contributed by atoms with Crippen LogP contribution in [0.3, 0.4) is 0 Å². The van der Waals surface area contributed by atoms with E-state index in [4.69, 9.17) is 0 Å². The fourth-order valence-corrected chi connectivity index (χ4v) is 2.86. The van der Waals surface area contributed by atoms with Crippen LogP contribution in [-0.2, 0) is 0 Å². The number of benzene rings is 1. The number of rotatable bonds is 1. The van der Waals surface area contributed by atoms with Gasteiger partial charge in [-0.2, -0.15) is 0 Å². The van der Waals surface area contributed by atoms with E-state index in [0.29, 0.717) is 0 Å². The molecular formula is C12H13BrN2O. The predicted octanol–water partition coefficient (Wildman–Crippen LogP) is 2.88. The maximum absolute atomic E-state index is 9.93. The number of hydrogen-bond donors (Lipinski definition) is 1. The highest BCUT2D eigenvalue weighted by Gasteiger charge is 2.27. The summed E-state index contributed by atoms with van der Waals surface area (Å²) in [6.07, 6.45) is 4.66. The average Bonchev–Trinajstić information content (AvgIpc) is 2.83. The van der Waals surface area contributed by atoms with Gasteiger partial charge in [-0.25, -0.2) is 4.98 Å². The molecule has 0 radical (unpaired) electrons. The van der Waals surface area contributed by atoms with Crippen molar-refractivity contribution in [3.63, 3.8) is 0 Å². The van der Waals surface area contributed by atoms with Crippen molar-refractivity contribution < 1.29 is 5.11 Å². The van der Waals surface area contributed by atoms with Gasteiger partial charge < -0.3 is 9.67 Å². The third kappa shape index (κ3) is 1.57. The summed E-state index contributed by atoms with van der Waals surface area (Å²) in [5.41, 5.74) is 2.09. The van der Waals surface area contributed by atoms with Gasteiger partial charge in [0.15, 0.2) is 0 Å². The molecule has 3 nitrogen and oxygen atoms in total. The highest BCUT2D eigenvalue weighted by atomic mass is 79.9. The molecule has 0 amide bonds. The number of imidazole rings is 1. The van der Waals surface area contributed by atoms with Crippen molar-refractivity contribution in [2.75, 3.05) is 0 Å². The lowest BCUT2D eigenvalue weighted by Gasteiger charge is -2.17. The summed E-state index contributed by atoms with van der Waals surface area (Å²) in [5, 5.41) is 9.93. The molecule has 1 aromatic heterocycles. The van der Waals surface area contributed by atoms with Gasteiger partial charge in [0.05, 0.1) is 29.5 Å². The van der Waals surface area contributed by atoms with E-state index < -0.39 is 0 Å². The van der Waals surface area contributed by atoms with Gasteiger partial charge in [-0.1, -0.05) is 15.9 Å². The Balaban J connectivity index is 2.12. The van der Waals surface area contributed by atoms with E-state index in [1.807, 2.05) is 18.5 Å². The number of fused-ring (bicyclic) bond motifs is 1. The Hall–Kier alpha value is -0.870. The lowest BCUT2D eigenvalue weighted by molar-refractivity contribution is 0.138. The summed E-state index contributed by atoms with van der Waals surface area (Å²) in [6, 6.07) is 6.24. The fourth-order valence-electron chi connectivity index (χ4n) is 2.51. The Labute approximate surface area is 102 Å². The molecule has 0 bridgehead atoms. The first kappa shape index (κ1) is 10.3. The van der Waals surface area contributed by atoms with Gasteiger partial charge >= 0.3 is 0 Å². The number of halogens is 1. The van der Waals surface area contributed by atoms with Crippen LogP contribution in [0.4, 0.5) is 0 Å². The summed E-state index contributed by atoms with van der Waals surface area (Å²) in [7, 11) is 0. The molecule has 1 fully saturated rings. The number of aliphatic hydroxyl groups is 1. The number of aromatic nitrogens is 2.